The number of hydrogen-bond acceptors (Lipinski definition) is 2. The van der Waals surface area contributed by atoms with Crippen molar-refractivity contribution in [3.63, 3.8) is 0 Å². The zero-order valence-corrected chi connectivity index (χ0v) is 11.7. The van der Waals surface area contributed by atoms with Crippen molar-refractivity contribution < 1.29 is 4.79 Å². The van der Waals surface area contributed by atoms with E-state index in [1.54, 1.807) is 0 Å². The zero-order valence-electron chi connectivity index (χ0n) is 11.7. The van der Waals surface area contributed by atoms with Gasteiger partial charge in [0, 0.05) is 17.8 Å². The average Bonchev–Trinajstić information content (AvgIpc) is 2.91. The number of para-hydroxylation sites is 1. The Morgan fingerprint density at radius 2 is 2.05 bits per heavy atom. The second kappa shape index (κ2) is 5.49. The molecule has 0 aliphatic carbocycles. The highest BCUT2D eigenvalue weighted by Gasteiger charge is 2.28. The van der Waals surface area contributed by atoms with Crippen LogP contribution in [0.4, 0.5) is 5.69 Å². The molecule has 0 aromatic heterocycles. The highest BCUT2D eigenvalue weighted by molar-refractivity contribution is 6.03. The maximum atomic E-state index is 12.7. The van der Waals surface area contributed by atoms with Crippen molar-refractivity contribution in [1.82, 2.24) is 0 Å². The molecule has 1 atom stereocenters. The number of Topliss-reactive ketones (excluding diaryl/α,β-unsaturated/α-hetero) is 1. The van der Waals surface area contributed by atoms with E-state index in [0.717, 1.165) is 29.7 Å². The normalized spacial score (nSPS) is 16.6. The fourth-order valence-electron chi connectivity index (χ4n) is 2.89. The van der Waals surface area contributed by atoms with Gasteiger partial charge in [0.05, 0.1) is 5.92 Å². The number of carbonyl (C=O) groups excluding carboxylic acids is 1. The van der Waals surface area contributed by atoms with Crippen LogP contribution in [0.2, 0.25) is 0 Å². The molecule has 1 heterocycles. The number of ketones is 1. The second-order valence-corrected chi connectivity index (χ2v) is 5.34. The van der Waals surface area contributed by atoms with Crippen molar-refractivity contribution in [3.05, 3.63) is 65.2 Å². The number of benzene rings is 2. The zero-order chi connectivity index (χ0) is 13.9. The average molecular weight is 265 g/mol. The Bertz CT molecular complexity index is 633. The molecular weight excluding hydrogens is 246 g/mol. The number of nitrogens with one attached hydrogen (secondary N) is 1. The van der Waals surface area contributed by atoms with E-state index >= 15 is 0 Å². The molecule has 1 aliphatic heterocycles. The first kappa shape index (κ1) is 12.9. The molecular formula is C18H19NO. The topological polar surface area (TPSA) is 29.1 Å². The van der Waals surface area contributed by atoms with Gasteiger partial charge in [0.15, 0.2) is 5.78 Å². The van der Waals surface area contributed by atoms with Gasteiger partial charge in [-0.05, 0) is 29.7 Å². The standard InChI is InChI=1S/C18H19NO/c1-2-6-13-7-5-8-14(11-13)18(20)16-12-19-17-10-4-3-9-15(16)17/h3-5,7-11,16,19H,2,6,12H2,1H3. The van der Waals surface area contributed by atoms with E-state index < -0.39 is 0 Å². The predicted octanol–water partition coefficient (Wildman–Crippen LogP) is 4.03. The molecule has 0 saturated carbocycles. The first-order chi connectivity index (χ1) is 9.79. The molecule has 0 amide bonds. The van der Waals surface area contributed by atoms with Crippen LogP contribution in [0.1, 0.15) is 40.7 Å². The molecule has 3 rings (SSSR count). The van der Waals surface area contributed by atoms with Crippen LogP contribution >= 0.6 is 0 Å². The molecule has 2 nitrogen and oxygen atoms in total. The third-order valence-corrected chi connectivity index (χ3v) is 3.90. The summed E-state index contributed by atoms with van der Waals surface area (Å²) in [6, 6.07) is 16.2. The summed E-state index contributed by atoms with van der Waals surface area (Å²) in [4.78, 5) is 12.7. The van der Waals surface area contributed by atoms with E-state index in [9.17, 15) is 4.79 Å². The lowest BCUT2D eigenvalue weighted by molar-refractivity contribution is 0.0966. The molecule has 0 spiro atoms. The van der Waals surface area contributed by atoms with Crippen LogP contribution in [0.15, 0.2) is 48.5 Å². The van der Waals surface area contributed by atoms with Gasteiger partial charge in [-0.2, -0.15) is 0 Å². The number of aryl methyl sites for hydroxylation is 1. The number of carbonyl (C=O) groups is 1. The third kappa shape index (κ3) is 2.34. The van der Waals surface area contributed by atoms with Gasteiger partial charge in [0.25, 0.3) is 0 Å². The summed E-state index contributed by atoms with van der Waals surface area (Å²) >= 11 is 0. The third-order valence-electron chi connectivity index (χ3n) is 3.90. The number of anilines is 1. The van der Waals surface area contributed by atoms with Gasteiger partial charge in [-0.25, -0.2) is 0 Å². The Hall–Kier alpha value is -2.09. The van der Waals surface area contributed by atoms with Crippen LogP contribution in [0.25, 0.3) is 0 Å². The molecule has 2 heteroatoms. The van der Waals surface area contributed by atoms with Crippen molar-refractivity contribution in [2.75, 3.05) is 11.9 Å². The number of fused-ring (bicyclic) bond motifs is 1. The smallest absolute Gasteiger partial charge is 0.172 e. The molecule has 0 bridgehead atoms. The van der Waals surface area contributed by atoms with Crippen molar-refractivity contribution in [3.8, 4) is 0 Å². The van der Waals surface area contributed by atoms with E-state index in [1.165, 1.54) is 5.56 Å². The van der Waals surface area contributed by atoms with Crippen LogP contribution in [0, 0.1) is 0 Å². The van der Waals surface area contributed by atoms with Gasteiger partial charge in [-0.15, -0.1) is 0 Å². The summed E-state index contributed by atoms with van der Waals surface area (Å²) < 4.78 is 0. The largest absolute Gasteiger partial charge is 0.384 e. The van der Waals surface area contributed by atoms with Crippen molar-refractivity contribution in [1.29, 1.82) is 0 Å². The van der Waals surface area contributed by atoms with Crippen LogP contribution in [-0.2, 0) is 6.42 Å². The minimum absolute atomic E-state index is 0.0527. The predicted molar refractivity (Wildman–Crippen MR) is 82.4 cm³/mol. The summed E-state index contributed by atoms with van der Waals surface area (Å²) in [5.74, 6) is 0.170. The first-order valence-corrected chi connectivity index (χ1v) is 7.25. The van der Waals surface area contributed by atoms with Crippen LogP contribution < -0.4 is 5.32 Å². The SMILES string of the molecule is CCCc1cccc(C(=O)C2CNc3ccccc32)c1. The molecule has 2 aromatic rings. The van der Waals surface area contributed by atoms with Crippen LogP contribution in [0.5, 0.6) is 0 Å². The summed E-state index contributed by atoms with van der Waals surface area (Å²) in [7, 11) is 0. The van der Waals surface area contributed by atoms with Gasteiger partial charge < -0.3 is 5.32 Å². The molecule has 102 valence electrons. The van der Waals surface area contributed by atoms with E-state index in [1.807, 2.05) is 42.5 Å². The van der Waals surface area contributed by atoms with Gasteiger partial charge in [-0.3, -0.25) is 4.79 Å². The first-order valence-electron chi connectivity index (χ1n) is 7.25. The van der Waals surface area contributed by atoms with Gasteiger partial charge in [0.1, 0.15) is 0 Å². The maximum Gasteiger partial charge on any atom is 0.172 e. The van der Waals surface area contributed by atoms with E-state index in [4.69, 9.17) is 0 Å². The van der Waals surface area contributed by atoms with Crippen molar-refractivity contribution >= 4 is 11.5 Å². The molecule has 1 aliphatic rings. The number of rotatable bonds is 4. The van der Waals surface area contributed by atoms with Gasteiger partial charge >= 0.3 is 0 Å². The van der Waals surface area contributed by atoms with Crippen LogP contribution in [-0.4, -0.2) is 12.3 Å². The highest BCUT2D eigenvalue weighted by Crippen LogP contribution is 2.33. The van der Waals surface area contributed by atoms with Gasteiger partial charge in [0.2, 0.25) is 0 Å². The lowest BCUT2D eigenvalue weighted by atomic mass is 9.91. The lowest BCUT2D eigenvalue weighted by Gasteiger charge is -2.10. The van der Waals surface area contributed by atoms with Crippen molar-refractivity contribution in [2.45, 2.75) is 25.7 Å². The Morgan fingerprint density at radius 1 is 1.20 bits per heavy atom. The molecule has 0 saturated heterocycles. The summed E-state index contributed by atoms with van der Waals surface area (Å²) in [5.41, 5.74) is 4.30. The quantitative estimate of drug-likeness (QED) is 0.846. The highest BCUT2D eigenvalue weighted by atomic mass is 16.1. The maximum absolute atomic E-state index is 12.7. The Morgan fingerprint density at radius 3 is 2.90 bits per heavy atom. The molecule has 1 unspecified atom stereocenters. The molecule has 1 N–H and O–H groups in total. The lowest BCUT2D eigenvalue weighted by Crippen LogP contribution is -2.15. The molecule has 0 radical (unpaired) electrons. The Kier molecular flexibility index (Phi) is 3.55. The molecule has 20 heavy (non-hydrogen) atoms. The second-order valence-electron chi connectivity index (χ2n) is 5.34. The molecule has 2 aromatic carbocycles. The monoisotopic (exact) mass is 265 g/mol. The minimum atomic E-state index is -0.0527. The molecule has 0 fully saturated rings. The van der Waals surface area contributed by atoms with Gasteiger partial charge in [-0.1, -0.05) is 49.7 Å². The summed E-state index contributed by atoms with van der Waals surface area (Å²) in [5, 5.41) is 3.32. The number of hydrogen-bond donors (Lipinski definition) is 1. The fraction of sp³-hybridized carbons (Fsp3) is 0.278. The van der Waals surface area contributed by atoms with E-state index in [2.05, 4.69) is 18.3 Å². The Labute approximate surface area is 119 Å². The Balaban J connectivity index is 1.89. The van der Waals surface area contributed by atoms with Crippen molar-refractivity contribution in [2.24, 2.45) is 0 Å². The van der Waals surface area contributed by atoms with E-state index in [0.29, 0.717) is 6.54 Å². The summed E-state index contributed by atoms with van der Waals surface area (Å²) in [6.07, 6.45) is 2.13. The van der Waals surface area contributed by atoms with Crippen LogP contribution in [0.3, 0.4) is 0 Å². The minimum Gasteiger partial charge on any atom is -0.384 e. The van der Waals surface area contributed by atoms with E-state index in [-0.39, 0.29) is 11.7 Å². The summed E-state index contributed by atoms with van der Waals surface area (Å²) in [6.45, 7) is 2.86. The fourth-order valence-corrected chi connectivity index (χ4v) is 2.89.